The highest BCUT2D eigenvalue weighted by Crippen LogP contribution is 2.34. The van der Waals surface area contributed by atoms with Crippen LogP contribution in [0.5, 0.6) is 5.75 Å². The smallest absolute Gasteiger partial charge is 0.272 e. The summed E-state index contributed by atoms with van der Waals surface area (Å²) >= 11 is 0. The number of likely N-dealkylation sites (tertiary alicyclic amines) is 1. The minimum Gasteiger partial charge on any atom is -0.489 e. The third kappa shape index (κ3) is 4.52. The lowest BCUT2D eigenvalue weighted by Crippen LogP contribution is -2.55. The summed E-state index contributed by atoms with van der Waals surface area (Å²) in [6.45, 7) is 0.611. The minimum atomic E-state index is -2.57. The normalized spacial score (nSPS) is 22.1. The Bertz CT molecular complexity index is 1130. The molecule has 1 atom stereocenters. The summed E-state index contributed by atoms with van der Waals surface area (Å²) in [5.41, 5.74) is 3.10. The number of carbonyl (C=O) groups excluding carboxylic acids is 3. The van der Waals surface area contributed by atoms with E-state index >= 15 is 0 Å². The van der Waals surface area contributed by atoms with Crippen molar-refractivity contribution in [2.45, 2.75) is 50.9 Å². The van der Waals surface area contributed by atoms with Crippen LogP contribution in [0, 0.1) is 0 Å². The average Bonchev–Trinajstić information content (AvgIpc) is 3.01. The Balaban J connectivity index is 1.23. The molecule has 9 heteroatoms. The number of fused-ring (bicyclic) bond motifs is 1. The number of alkyl halides is 2. The Kier molecular flexibility index (Phi) is 5.81. The van der Waals surface area contributed by atoms with E-state index in [9.17, 15) is 23.2 Å². The first-order valence-corrected chi connectivity index (χ1v) is 11.4. The van der Waals surface area contributed by atoms with Crippen LogP contribution in [-0.4, -0.2) is 52.6 Å². The largest absolute Gasteiger partial charge is 0.489 e. The standard InChI is InChI=1S/C25H25F2N3O4/c26-25(27)14-29(15-25)11-16-7-9-17(10-8-16)13-34-21-5-1-3-18-19(21)12-30(24(18)33)20-4-2-6-22(31)28-23(20)32/h1,3,5,7-10,20H,2,4,6,11-15H2,(H,28,31,32). The lowest BCUT2D eigenvalue weighted by atomic mass is 10.1. The number of imide groups is 1. The Hall–Kier alpha value is -3.33. The molecular weight excluding hydrogens is 444 g/mol. The molecule has 0 bridgehead atoms. The van der Waals surface area contributed by atoms with E-state index in [1.165, 1.54) is 4.90 Å². The van der Waals surface area contributed by atoms with Crippen molar-refractivity contribution < 1.29 is 27.9 Å². The van der Waals surface area contributed by atoms with Gasteiger partial charge in [0.25, 0.3) is 11.8 Å². The number of hydrogen-bond acceptors (Lipinski definition) is 5. The second-order valence-electron chi connectivity index (χ2n) is 9.14. The third-order valence-electron chi connectivity index (χ3n) is 6.51. The maximum atomic E-state index is 13.0. The fourth-order valence-corrected chi connectivity index (χ4v) is 4.76. The molecule has 1 unspecified atom stereocenters. The Labute approximate surface area is 195 Å². The quantitative estimate of drug-likeness (QED) is 0.659. The second-order valence-corrected chi connectivity index (χ2v) is 9.14. The van der Waals surface area contributed by atoms with E-state index in [2.05, 4.69) is 5.32 Å². The highest BCUT2D eigenvalue weighted by Gasteiger charge is 2.43. The molecule has 2 aromatic carbocycles. The van der Waals surface area contributed by atoms with Crippen LogP contribution in [0.1, 0.15) is 46.3 Å². The highest BCUT2D eigenvalue weighted by atomic mass is 19.3. The van der Waals surface area contributed by atoms with Gasteiger partial charge in [-0.3, -0.25) is 24.6 Å². The van der Waals surface area contributed by atoms with Gasteiger partial charge in [-0.15, -0.1) is 0 Å². The SMILES string of the molecule is O=C1CCCC(N2Cc3c(OCc4ccc(CN5CC(F)(F)C5)cc4)cccc3C2=O)C(=O)N1. The van der Waals surface area contributed by atoms with Crippen molar-refractivity contribution in [3.63, 3.8) is 0 Å². The Morgan fingerprint density at radius 1 is 1.03 bits per heavy atom. The highest BCUT2D eigenvalue weighted by molar-refractivity contribution is 6.04. The lowest BCUT2D eigenvalue weighted by molar-refractivity contribution is -0.134. The van der Waals surface area contributed by atoms with Crippen LogP contribution in [0.4, 0.5) is 8.78 Å². The first-order chi connectivity index (χ1) is 16.3. The molecular formula is C25H25F2N3O4. The fourth-order valence-electron chi connectivity index (χ4n) is 4.76. The van der Waals surface area contributed by atoms with Crippen LogP contribution in [0.2, 0.25) is 0 Å². The molecule has 2 saturated heterocycles. The van der Waals surface area contributed by atoms with E-state index in [1.807, 2.05) is 24.3 Å². The molecule has 3 aliphatic rings. The summed E-state index contributed by atoms with van der Waals surface area (Å²) in [5.74, 6) is -2.98. The second kappa shape index (κ2) is 8.79. The summed E-state index contributed by atoms with van der Waals surface area (Å²) < 4.78 is 32.0. The van der Waals surface area contributed by atoms with Crippen molar-refractivity contribution in [2.75, 3.05) is 13.1 Å². The van der Waals surface area contributed by atoms with E-state index in [4.69, 9.17) is 4.74 Å². The summed E-state index contributed by atoms with van der Waals surface area (Å²) in [6, 6.07) is 12.2. The predicted octanol–water partition coefficient (Wildman–Crippen LogP) is 2.87. The summed E-state index contributed by atoms with van der Waals surface area (Å²) in [6.07, 6.45) is 1.26. The third-order valence-corrected chi connectivity index (χ3v) is 6.51. The van der Waals surface area contributed by atoms with Gasteiger partial charge in [0, 0.05) is 24.1 Å². The molecule has 178 valence electrons. The van der Waals surface area contributed by atoms with Crippen LogP contribution in [0.25, 0.3) is 0 Å². The van der Waals surface area contributed by atoms with Crippen LogP contribution in [-0.2, 0) is 29.3 Å². The number of carbonyl (C=O) groups is 3. The van der Waals surface area contributed by atoms with Gasteiger partial charge in [0.2, 0.25) is 11.8 Å². The molecule has 3 amide bonds. The number of nitrogens with zero attached hydrogens (tertiary/aromatic N) is 2. The van der Waals surface area contributed by atoms with Gasteiger partial charge in [-0.05, 0) is 36.1 Å². The molecule has 3 aliphatic heterocycles. The molecule has 0 aromatic heterocycles. The van der Waals surface area contributed by atoms with Crippen LogP contribution in [0.15, 0.2) is 42.5 Å². The number of halogens is 2. The number of amides is 3. The van der Waals surface area contributed by atoms with Gasteiger partial charge in [-0.2, -0.15) is 0 Å². The summed E-state index contributed by atoms with van der Waals surface area (Å²) in [5, 5.41) is 2.36. The summed E-state index contributed by atoms with van der Waals surface area (Å²) in [7, 11) is 0. The number of hydrogen-bond donors (Lipinski definition) is 1. The lowest BCUT2D eigenvalue weighted by Gasteiger charge is -2.38. The van der Waals surface area contributed by atoms with E-state index < -0.39 is 17.9 Å². The summed E-state index contributed by atoms with van der Waals surface area (Å²) in [4.78, 5) is 40.3. The van der Waals surface area contributed by atoms with Crippen molar-refractivity contribution >= 4 is 17.7 Å². The molecule has 0 saturated carbocycles. The number of benzene rings is 2. The first kappa shape index (κ1) is 22.5. The molecule has 2 aromatic rings. The van der Waals surface area contributed by atoms with Crippen molar-refractivity contribution in [1.29, 1.82) is 0 Å². The van der Waals surface area contributed by atoms with Gasteiger partial charge in [0.15, 0.2) is 0 Å². The Morgan fingerprint density at radius 2 is 1.76 bits per heavy atom. The van der Waals surface area contributed by atoms with Crippen LogP contribution >= 0.6 is 0 Å². The molecule has 2 fully saturated rings. The molecule has 0 spiro atoms. The number of nitrogens with one attached hydrogen (secondary N) is 1. The van der Waals surface area contributed by atoms with Crippen LogP contribution < -0.4 is 10.1 Å². The van der Waals surface area contributed by atoms with Gasteiger partial charge in [0.1, 0.15) is 18.4 Å². The van der Waals surface area contributed by atoms with Crippen LogP contribution in [0.3, 0.4) is 0 Å². The molecule has 7 nitrogen and oxygen atoms in total. The van der Waals surface area contributed by atoms with Crippen molar-refractivity contribution in [3.8, 4) is 5.75 Å². The molecule has 1 N–H and O–H groups in total. The molecule has 34 heavy (non-hydrogen) atoms. The maximum absolute atomic E-state index is 13.0. The van der Waals surface area contributed by atoms with Crippen molar-refractivity contribution in [3.05, 3.63) is 64.7 Å². The van der Waals surface area contributed by atoms with E-state index in [1.54, 1.807) is 23.1 Å². The molecule has 0 radical (unpaired) electrons. The number of ether oxygens (including phenoxy) is 1. The maximum Gasteiger partial charge on any atom is 0.272 e. The molecule has 0 aliphatic carbocycles. The Morgan fingerprint density at radius 3 is 2.50 bits per heavy atom. The molecule has 3 heterocycles. The van der Waals surface area contributed by atoms with Crippen molar-refractivity contribution in [2.24, 2.45) is 0 Å². The van der Waals surface area contributed by atoms with E-state index in [0.717, 1.165) is 16.7 Å². The average molecular weight is 469 g/mol. The van der Waals surface area contributed by atoms with Crippen molar-refractivity contribution in [1.82, 2.24) is 15.1 Å². The topological polar surface area (TPSA) is 79.0 Å². The fraction of sp³-hybridized carbons (Fsp3) is 0.400. The number of rotatable bonds is 6. The van der Waals surface area contributed by atoms with Gasteiger partial charge >= 0.3 is 0 Å². The van der Waals surface area contributed by atoms with Gasteiger partial charge in [-0.1, -0.05) is 30.3 Å². The predicted molar refractivity (Wildman–Crippen MR) is 118 cm³/mol. The van der Waals surface area contributed by atoms with E-state index in [0.29, 0.717) is 30.7 Å². The van der Waals surface area contributed by atoms with Gasteiger partial charge in [-0.25, -0.2) is 8.78 Å². The monoisotopic (exact) mass is 469 g/mol. The first-order valence-electron chi connectivity index (χ1n) is 11.4. The molecule has 5 rings (SSSR count). The zero-order valence-corrected chi connectivity index (χ0v) is 18.6. The minimum absolute atomic E-state index is 0.203. The van der Waals surface area contributed by atoms with E-state index in [-0.39, 0.29) is 44.5 Å². The zero-order valence-electron chi connectivity index (χ0n) is 18.6. The van der Waals surface area contributed by atoms with Gasteiger partial charge < -0.3 is 9.64 Å². The van der Waals surface area contributed by atoms with Gasteiger partial charge in [0.05, 0.1) is 19.6 Å². The zero-order chi connectivity index (χ0) is 23.9.